The van der Waals surface area contributed by atoms with Gasteiger partial charge in [-0.15, -0.1) is 0 Å². The van der Waals surface area contributed by atoms with Crippen molar-refractivity contribution in [2.45, 2.75) is 6.92 Å². The van der Waals surface area contributed by atoms with E-state index in [1.165, 1.54) is 11.1 Å². The fourth-order valence-electron chi connectivity index (χ4n) is 4.40. The van der Waals surface area contributed by atoms with E-state index in [0.29, 0.717) is 0 Å². The van der Waals surface area contributed by atoms with Gasteiger partial charge in [0.15, 0.2) is 0 Å². The second-order valence-electron chi connectivity index (χ2n) is 8.67. The molecule has 0 saturated heterocycles. The second-order valence-corrected chi connectivity index (χ2v) is 8.67. The minimum atomic E-state index is 0.808. The van der Waals surface area contributed by atoms with Crippen LogP contribution in [0.2, 0.25) is 0 Å². The number of nitrogens with zero attached hydrogens (tertiary/aromatic N) is 1. The largest absolute Gasteiger partial charge is 0.456 e. The molecule has 0 fully saturated rings. The molecule has 168 valence electrons. The van der Waals surface area contributed by atoms with Crippen molar-refractivity contribution in [3.05, 3.63) is 132 Å². The molecule has 1 N–H and O–H groups in total. The average Bonchev–Trinajstić information content (AvgIpc) is 2.89. The van der Waals surface area contributed by atoms with Crippen molar-refractivity contribution in [1.82, 2.24) is 0 Å². The predicted octanol–water partition coefficient (Wildman–Crippen LogP) is 8.49. The number of nitrogens with one attached hydrogen (secondary N) is 1. The third-order valence-electron chi connectivity index (χ3n) is 6.12. The Hall–Kier alpha value is -4.63. The van der Waals surface area contributed by atoms with E-state index in [2.05, 4.69) is 79.0 Å². The van der Waals surface area contributed by atoms with Crippen molar-refractivity contribution in [2.24, 2.45) is 4.99 Å². The summed E-state index contributed by atoms with van der Waals surface area (Å²) in [7, 11) is 0. The summed E-state index contributed by atoms with van der Waals surface area (Å²) >= 11 is 0. The molecule has 1 aliphatic heterocycles. The molecule has 0 saturated carbocycles. The highest BCUT2D eigenvalue weighted by molar-refractivity contribution is 6.02. The van der Waals surface area contributed by atoms with Gasteiger partial charge in [-0.25, -0.2) is 4.99 Å². The maximum absolute atomic E-state index is 6.49. The molecule has 1 heterocycles. The van der Waals surface area contributed by atoms with Gasteiger partial charge in [0.2, 0.25) is 0 Å². The van der Waals surface area contributed by atoms with Gasteiger partial charge in [0.1, 0.15) is 11.3 Å². The van der Waals surface area contributed by atoms with E-state index in [9.17, 15) is 0 Å². The number of para-hydroxylation sites is 2. The lowest BCUT2D eigenvalue weighted by Crippen LogP contribution is -2.02. The highest BCUT2D eigenvalue weighted by Gasteiger charge is 2.17. The number of hydrogen-bond donors (Lipinski definition) is 1. The Morgan fingerprint density at radius 2 is 1.40 bits per heavy atom. The van der Waals surface area contributed by atoms with Crippen LogP contribution in [0.5, 0.6) is 0 Å². The number of aryl methyl sites for hydroxylation is 1. The number of benzene rings is 5. The summed E-state index contributed by atoms with van der Waals surface area (Å²) in [5.41, 5.74) is 8.39. The zero-order chi connectivity index (χ0) is 23.6. The van der Waals surface area contributed by atoms with Crippen LogP contribution in [0.15, 0.2) is 131 Å². The van der Waals surface area contributed by atoms with E-state index in [4.69, 9.17) is 9.41 Å². The summed E-state index contributed by atoms with van der Waals surface area (Å²) in [6.07, 6.45) is 0. The molecule has 1 aliphatic carbocycles. The minimum absolute atomic E-state index is 0.808. The number of rotatable bonds is 4. The molecule has 0 spiro atoms. The zero-order valence-corrected chi connectivity index (χ0v) is 19.4. The van der Waals surface area contributed by atoms with Crippen LogP contribution in [0, 0.1) is 6.92 Å². The van der Waals surface area contributed by atoms with Gasteiger partial charge in [-0.3, -0.25) is 0 Å². The Kier molecular flexibility index (Phi) is 5.36. The van der Waals surface area contributed by atoms with Crippen LogP contribution in [-0.4, -0.2) is 0 Å². The van der Waals surface area contributed by atoms with Gasteiger partial charge in [0, 0.05) is 40.0 Å². The minimum Gasteiger partial charge on any atom is -0.456 e. The van der Waals surface area contributed by atoms with Crippen molar-refractivity contribution in [1.29, 1.82) is 0 Å². The van der Waals surface area contributed by atoms with Crippen LogP contribution in [0.3, 0.4) is 0 Å². The van der Waals surface area contributed by atoms with E-state index in [1.54, 1.807) is 0 Å². The first kappa shape index (κ1) is 20.9. The molecule has 0 radical (unpaired) electrons. The van der Waals surface area contributed by atoms with Gasteiger partial charge in [-0.2, -0.15) is 0 Å². The van der Waals surface area contributed by atoms with Crippen LogP contribution >= 0.6 is 0 Å². The SMILES string of the molecule is Cc1ccc(-c2c3ccc(=Nc4ccccc4)cc-3oc3cc(Nc4ccccc4)ccc23)cc1. The van der Waals surface area contributed by atoms with Crippen molar-refractivity contribution in [3.63, 3.8) is 0 Å². The molecule has 3 heteroatoms. The summed E-state index contributed by atoms with van der Waals surface area (Å²) in [6, 6.07) is 41.3. The highest BCUT2D eigenvalue weighted by Crippen LogP contribution is 2.40. The summed E-state index contributed by atoms with van der Waals surface area (Å²) in [5, 5.41) is 5.41. The summed E-state index contributed by atoms with van der Waals surface area (Å²) in [6.45, 7) is 2.11. The van der Waals surface area contributed by atoms with Crippen LogP contribution in [0.1, 0.15) is 5.56 Å². The number of fused-ring (bicyclic) bond motifs is 2. The molecule has 0 unspecified atom stereocenters. The lowest BCUT2D eigenvalue weighted by molar-refractivity contribution is 0.619. The van der Waals surface area contributed by atoms with Crippen molar-refractivity contribution in [3.8, 4) is 22.5 Å². The summed E-state index contributed by atoms with van der Waals surface area (Å²) in [5.74, 6) is 0.808. The standard InChI is InChI=1S/C32H24N2O/c1-22-12-14-23(15-13-22)32-28-18-16-26(33-24-8-4-2-5-9-24)20-30(28)35-31-21-27(17-19-29(31)32)34-25-10-6-3-7-11-25/h2-21,33H,1H3. The van der Waals surface area contributed by atoms with E-state index in [1.807, 2.05) is 54.6 Å². The Labute approximate surface area is 204 Å². The number of anilines is 2. The summed E-state index contributed by atoms with van der Waals surface area (Å²) < 4.78 is 6.49. The normalized spacial score (nSPS) is 11.7. The van der Waals surface area contributed by atoms with Gasteiger partial charge < -0.3 is 9.73 Å². The third kappa shape index (κ3) is 4.32. The zero-order valence-electron chi connectivity index (χ0n) is 19.4. The maximum atomic E-state index is 6.49. The Morgan fingerprint density at radius 1 is 0.657 bits per heavy atom. The molecular formula is C32H24N2O. The molecule has 0 amide bonds. The molecule has 2 aliphatic rings. The molecule has 0 bridgehead atoms. The molecule has 0 aromatic heterocycles. The first-order valence-corrected chi connectivity index (χ1v) is 11.7. The first-order valence-electron chi connectivity index (χ1n) is 11.7. The van der Waals surface area contributed by atoms with E-state index < -0.39 is 0 Å². The third-order valence-corrected chi connectivity index (χ3v) is 6.12. The van der Waals surface area contributed by atoms with Crippen LogP contribution in [-0.2, 0) is 0 Å². The Bertz CT molecular complexity index is 1650. The van der Waals surface area contributed by atoms with Gasteiger partial charge in [0.25, 0.3) is 0 Å². The van der Waals surface area contributed by atoms with Crippen molar-refractivity contribution >= 4 is 28.0 Å². The fraction of sp³-hybridized carbons (Fsp3) is 0.0312. The summed E-state index contributed by atoms with van der Waals surface area (Å²) in [4.78, 5) is 4.79. The second kappa shape index (κ2) is 8.96. The molecule has 35 heavy (non-hydrogen) atoms. The lowest BCUT2D eigenvalue weighted by Gasteiger charge is -2.16. The predicted molar refractivity (Wildman–Crippen MR) is 144 cm³/mol. The van der Waals surface area contributed by atoms with E-state index >= 15 is 0 Å². The van der Waals surface area contributed by atoms with Gasteiger partial charge >= 0.3 is 0 Å². The molecule has 0 atom stereocenters. The molecular weight excluding hydrogens is 428 g/mol. The van der Waals surface area contributed by atoms with Gasteiger partial charge in [-0.05, 0) is 61.0 Å². The average molecular weight is 453 g/mol. The maximum Gasteiger partial charge on any atom is 0.137 e. The Morgan fingerprint density at radius 3 is 2.17 bits per heavy atom. The fourth-order valence-corrected chi connectivity index (χ4v) is 4.40. The van der Waals surface area contributed by atoms with Crippen LogP contribution in [0.25, 0.3) is 33.4 Å². The van der Waals surface area contributed by atoms with Crippen LogP contribution in [0.4, 0.5) is 17.1 Å². The lowest BCUT2D eigenvalue weighted by atomic mass is 9.93. The molecule has 6 rings (SSSR count). The van der Waals surface area contributed by atoms with Gasteiger partial charge in [-0.1, -0.05) is 66.2 Å². The van der Waals surface area contributed by atoms with E-state index in [-0.39, 0.29) is 0 Å². The molecule has 3 nitrogen and oxygen atoms in total. The topological polar surface area (TPSA) is 37.5 Å². The van der Waals surface area contributed by atoms with E-state index in [0.717, 1.165) is 50.3 Å². The monoisotopic (exact) mass is 452 g/mol. The number of hydrogen-bond acceptors (Lipinski definition) is 3. The van der Waals surface area contributed by atoms with Crippen molar-refractivity contribution < 1.29 is 4.42 Å². The van der Waals surface area contributed by atoms with Gasteiger partial charge in [0.05, 0.1) is 11.0 Å². The first-order chi connectivity index (χ1) is 17.2. The quantitative estimate of drug-likeness (QED) is 0.272. The smallest absolute Gasteiger partial charge is 0.137 e. The molecule has 4 aromatic rings. The van der Waals surface area contributed by atoms with Crippen molar-refractivity contribution in [2.75, 3.05) is 5.32 Å². The van der Waals surface area contributed by atoms with Crippen LogP contribution < -0.4 is 10.7 Å². The highest BCUT2D eigenvalue weighted by atomic mass is 16.3. The Balaban J connectivity index is 1.56. The molecule has 4 aromatic carbocycles.